The molecule has 0 rings (SSSR count). The van der Waals surface area contributed by atoms with Gasteiger partial charge in [0.2, 0.25) is 5.91 Å². The predicted molar refractivity (Wildman–Crippen MR) is 81.2 cm³/mol. The summed E-state index contributed by atoms with van der Waals surface area (Å²) in [5, 5.41) is 3.07. The van der Waals surface area contributed by atoms with E-state index in [0.29, 0.717) is 11.8 Å². The minimum atomic E-state index is 0.157. The number of hydrogen-bond donors (Lipinski definition) is 1. The zero-order chi connectivity index (χ0) is 14.9. The summed E-state index contributed by atoms with van der Waals surface area (Å²) in [5.74, 6) is 0.180. The van der Waals surface area contributed by atoms with Gasteiger partial charge in [0.15, 0.2) is 0 Å². The van der Waals surface area contributed by atoms with Crippen LogP contribution in [0.25, 0.3) is 0 Å². The molecular weight excluding hydrogens is 238 g/mol. The van der Waals surface area contributed by atoms with Crippen molar-refractivity contribution in [2.75, 3.05) is 20.3 Å². The van der Waals surface area contributed by atoms with Crippen LogP contribution < -0.4 is 5.32 Å². The van der Waals surface area contributed by atoms with Crippen molar-refractivity contribution >= 4 is 5.91 Å². The Morgan fingerprint density at radius 2 is 1.68 bits per heavy atom. The number of amides is 1. The number of ether oxygens (including phenoxy) is 1. The first-order chi connectivity index (χ1) is 8.66. The monoisotopic (exact) mass is 271 g/mol. The number of hydrogen-bond acceptors (Lipinski definition) is 2. The van der Waals surface area contributed by atoms with Crippen LogP contribution in [0, 0.1) is 10.8 Å². The van der Waals surface area contributed by atoms with E-state index in [2.05, 4.69) is 39.9 Å². The molecule has 0 aliphatic carbocycles. The fourth-order valence-electron chi connectivity index (χ4n) is 2.63. The number of nitrogens with one attached hydrogen (secondary N) is 1. The van der Waals surface area contributed by atoms with Gasteiger partial charge in [0, 0.05) is 26.7 Å². The molecule has 1 N–H and O–H groups in total. The zero-order valence-electron chi connectivity index (χ0n) is 13.8. The van der Waals surface area contributed by atoms with Gasteiger partial charge in [0.1, 0.15) is 0 Å². The Bertz CT molecular complexity index is 254. The maximum absolute atomic E-state index is 11.7. The Hall–Kier alpha value is -0.570. The standard InChI is InChI=1S/C16H33NO2/c1-15(2,3)12-16(4,5)13-17-14(18)10-8-7-9-11-19-6/h7-13H2,1-6H3,(H,17,18). The molecule has 3 heteroatoms. The first kappa shape index (κ1) is 18.4. The topological polar surface area (TPSA) is 38.3 Å². The van der Waals surface area contributed by atoms with Gasteiger partial charge in [-0.2, -0.15) is 0 Å². The molecule has 0 heterocycles. The summed E-state index contributed by atoms with van der Waals surface area (Å²) >= 11 is 0. The average molecular weight is 271 g/mol. The normalized spacial score (nSPS) is 12.5. The van der Waals surface area contributed by atoms with Crippen LogP contribution in [-0.4, -0.2) is 26.2 Å². The third-order valence-corrected chi connectivity index (χ3v) is 3.03. The maximum Gasteiger partial charge on any atom is 0.220 e. The molecule has 0 unspecified atom stereocenters. The van der Waals surface area contributed by atoms with Gasteiger partial charge in [-0.15, -0.1) is 0 Å². The lowest BCUT2D eigenvalue weighted by molar-refractivity contribution is -0.121. The summed E-state index contributed by atoms with van der Waals surface area (Å²) in [6.45, 7) is 12.7. The summed E-state index contributed by atoms with van der Waals surface area (Å²) in [7, 11) is 1.71. The second-order valence-electron chi connectivity index (χ2n) is 7.48. The molecule has 3 nitrogen and oxygen atoms in total. The van der Waals surface area contributed by atoms with E-state index in [-0.39, 0.29) is 11.3 Å². The van der Waals surface area contributed by atoms with Crippen molar-refractivity contribution in [3.63, 3.8) is 0 Å². The predicted octanol–water partition coefficient (Wildman–Crippen LogP) is 3.77. The molecule has 0 radical (unpaired) electrons. The van der Waals surface area contributed by atoms with Crippen molar-refractivity contribution in [2.45, 2.75) is 66.7 Å². The zero-order valence-corrected chi connectivity index (χ0v) is 13.8. The molecule has 0 spiro atoms. The largest absolute Gasteiger partial charge is 0.385 e. The van der Waals surface area contributed by atoms with Crippen LogP contribution in [0.15, 0.2) is 0 Å². The summed E-state index contributed by atoms with van der Waals surface area (Å²) < 4.78 is 4.99. The maximum atomic E-state index is 11.7. The third kappa shape index (κ3) is 12.2. The van der Waals surface area contributed by atoms with E-state index < -0.39 is 0 Å². The molecule has 0 aliphatic rings. The van der Waals surface area contributed by atoms with Crippen LogP contribution >= 0.6 is 0 Å². The van der Waals surface area contributed by atoms with E-state index in [9.17, 15) is 4.79 Å². The number of carbonyl (C=O) groups excluding carboxylic acids is 1. The first-order valence-electron chi connectivity index (χ1n) is 7.42. The van der Waals surface area contributed by atoms with Crippen LogP contribution in [-0.2, 0) is 9.53 Å². The molecule has 0 aromatic heterocycles. The van der Waals surface area contributed by atoms with Gasteiger partial charge in [-0.05, 0) is 30.1 Å². The molecule has 0 bridgehead atoms. The van der Waals surface area contributed by atoms with E-state index in [4.69, 9.17) is 4.74 Å². The second-order valence-corrected chi connectivity index (χ2v) is 7.48. The van der Waals surface area contributed by atoms with Gasteiger partial charge < -0.3 is 10.1 Å². The van der Waals surface area contributed by atoms with Crippen molar-refractivity contribution in [1.82, 2.24) is 5.32 Å². The number of unbranched alkanes of at least 4 members (excludes halogenated alkanes) is 2. The van der Waals surface area contributed by atoms with Crippen LogP contribution in [0.1, 0.15) is 66.7 Å². The van der Waals surface area contributed by atoms with Crippen LogP contribution in [0.5, 0.6) is 0 Å². The molecule has 0 aliphatic heterocycles. The van der Waals surface area contributed by atoms with Crippen LogP contribution in [0.4, 0.5) is 0 Å². The van der Waals surface area contributed by atoms with Gasteiger partial charge in [-0.3, -0.25) is 4.79 Å². The van der Waals surface area contributed by atoms with E-state index in [0.717, 1.165) is 38.8 Å². The van der Waals surface area contributed by atoms with Crippen LogP contribution in [0.2, 0.25) is 0 Å². The Morgan fingerprint density at radius 3 is 2.21 bits per heavy atom. The highest BCUT2D eigenvalue weighted by atomic mass is 16.5. The van der Waals surface area contributed by atoms with Crippen molar-refractivity contribution in [2.24, 2.45) is 10.8 Å². The Kier molecular flexibility index (Phi) is 8.31. The lowest BCUT2D eigenvalue weighted by Crippen LogP contribution is -2.36. The summed E-state index contributed by atoms with van der Waals surface area (Å²) in [4.78, 5) is 11.7. The minimum absolute atomic E-state index is 0.157. The Labute approximate surface area is 119 Å². The SMILES string of the molecule is COCCCCCC(=O)NCC(C)(C)CC(C)(C)C. The highest BCUT2D eigenvalue weighted by molar-refractivity contribution is 5.75. The number of carbonyl (C=O) groups is 1. The van der Waals surface area contributed by atoms with Gasteiger partial charge >= 0.3 is 0 Å². The van der Waals surface area contributed by atoms with E-state index in [1.807, 2.05) is 0 Å². The molecule has 0 saturated heterocycles. The minimum Gasteiger partial charge on any atom is -0.385 e. The van der Waals surface area contributed by atoms with E-state index in [1.54, 1.807) is 7.11 Å². The quantitative estimate of drug-likeness (QED) is 0.648. The van der Waals surface area contributed by atoms with Crippen molar-refractivity contribution in [3.05, 3.63) is 0 Å². The fourth-order valence-corrected chi connectivity index (χ4v) is 2.63. The average Bonchev–Trinajstić information content (AvgIpc) is 2.23. The van der Waals surface area contributed by atoms with Gasteiger partial charge in [-0.25, -0.2) is 0 Å². The Morgan fingerprint density at radius 1 is 1.05 bits per heavy atom. The smallest absolute Gasteiger partial charge is 0.220 e. The van der Waals surface area contributed by atoms with Gasteiger partial charge in [0.25, 0.3) is 0 Å². The molecular formula is C16H33NO2. The highest BCUT2D eigenvalue weighted by Crippen LogP contribution is 2.32. The number of methoxy groups -OCH3 is 1. The molecule has 0 atom stereocenters. The molecule has 0 saturated carbocycles. The first-order valence-corrected chi connectivity index (χ1v) is 7.42. The fraction of sp³-hybridized carbons (Fsp3) is 0.938. The van der Waals surface area contributed by atoms with E-state index >= 15 is 0 Å². The highest BCUT2D eigenvalue weighted by Gasteiger charge is 2.25. The van der Waals surface area contributed by atoms with Gasteiger partial charge in [-0.1, -0.05) is 41.0 Å². The molecule has 0 fully saturated rings. The lowest BCUT2D eigenvalue weighted by atomic mass is 9.76. The van der Waals surface area contributed by atoms with Gasteiger partial charge in [0.05, 0.1) is 0 Å². The molecule has 1 amide bonds. The lowest BCUT2D eigenvalue weighted by Gasteiger charge is -2.32. The van der Waals surface area contributed by atoms with Crippen LogP contribution in [0.3, 0.4) is 0 Å². The molecule has 19 heavy (non-hydrogen) atoms. The molecule has 114 valence electrons. The molecule has 0 aromatic rings. The van der Waals surface area contributed by atoms with Crippen molar-refractivity contribution in [3.8, 4) is 0 Å². The van der Waals surface area contributed by atoms with Crippen molar-refractivity contribution in [1.29, 1.82) is 0 Å². The molecule has 0 aromatic carbocycles. The second kappa shape index (κ2) is 8.57. The van der Waals surface area contributed by atoms with E-state index in [1.165, 1.54) is 0 Å². The summed E-state index contributed by atoms with van der Waals surface area (Å²) in [6, 6.07) is 0. The summed E-state index contributed by atoms with van der Waals surface area (Å²) in [5.41, 5.74) is 0.457. The Balaban J connectivity index is 3.77. The number of rotatable bonds is 9. The third-order valence-electron chi connectivity index (χ3n) is 3.03. The summed E-state index contributed by atoms with van der Waals surface area (Å²) in [6.07, 6.45) is 4.80. The van der Waals surface area contributed by atoms with Crippen molar-refractivity contribution < 1.29 is 9.53 Å².